The smallest absolute Gasteiger partial charge is 0.224 e. The van der Waals surface area contributed by atoms with Crippen molar-refractivity contribution in [2.75, 3.05) is 12.3 Å². The Morgan fingerprint density at radius 3 is 2.55 bits per heavy atom. The molecule has 3 aromatic rings. The number of amides is 1. The number of benzene rings is 2. The van der Waals surface area contributed by atoms with Crippen molar-refractivity contribution in [1.82, 2.24) is 15.6 Å². The Labute approximate surface area is 222 Å². The minimum atomic E-state index is -2.85. The summed E-state index contributed by atoms with van der Waals surface area (Å²) in [4.78, 5) is 16.8. The summed E-state index contributed by atoms with van der Waals surface area (Å²) in [5, 5.41) is 17.2. The summed E-state index contributed by atoms with van der Waals surface area (Å²) >= 11 is 0. The zero-order valence-corrected chi connectivity index (χ0v) is 21.9. The normalized spacial score (nSPS) is 18.7. The van der Waals surface area contributed by atoms with Crippen molar-refractivity contribution in [2.24, 2.45) is 0 Å². The highest BCUT2D eigenvalue weighted by molar-refractivity contribution is 8.23. The molecule has 0 spiro atoms. The molecule has 5 N–H and O–H groups in total. The molecule has 1 aromatic heterocycles. The summed E-state index contributed by atoms with van der Waals surface area (Å²) in [6, 6.07) is 11.2. The minimum Gasteiger partial charge on any atom is -0.390 e. The third kappa shape index (κ3) is 7.58. The van der Waals surface area contributed by atoms with Crippen LogP contribution in [-0.4, -0.2) is 49.5 Å². The number of nitrogens with zero attached hydrogens (tertiary/aromatic N) is 1. The molecule has 7 nitrogen and oxygen atoms in total. The zero-order valence-electron chi connectivity index (χ0n) is 21.1. The fraction of sp³-hybridized carbons (Fsp3) is 0.357. The van der Waals surface area contributed by atoms with E-state index in [4.69, 9.17) is 0 Å². The molecule has 204 valence electrons. The highest BCUT2D eigenvalue weighted by atomic mass is 32.3. The van der Waals surface area contributed by atoms with Crippen LogP contribution in [0, 0.1) is 11.6 Å². The number of carbonyl (C=O) groups is 1. The highest BCUT2D eigenvalue weighted by Gasteiger charge is 2.31. The van der Waals surface area contributed by atoms with Gasteiger partial charge < -0.3 is 15.7 Å². The second-order valence-corrected chi connectivity index (χ2v) is 11.9. The van der Waals surface area contributed by atoms with Gasteiger partial charge in [-0.15, -0.1) is 0 Å². The first-order valence-corrected chi connectivity index (χ1v) is 14.4. The van der Waals surface area contributed by atoms with Crippen molar-refractivity contribution in [3.8, 4) is 0 Å². The second kappa shape index (κ2) is 12.3. The monoisotopic (exact) mass is 545 g/mol. The minimum absolute atomic E-state index is 0.00557. The van der Waals surface area contributed by atoms with Crippen LogP contribution in [-0.2, 0) is 29.8 Å². The van der Waals surface area contributed by atoms with Crippen molar-refractivity contribution in [3.63, 3.8) is 0 Å². The van der Waals surface area contributed by atoms with E-state index in [9.17, 15) is 27.8 Å². The number of nitrogens with one attached hydrogen (secondary N) is 2. The van der Waals surface area contributed by atoms with E-state index >= 15 is 0 Å². The largest absolute Gasteiger partial charge is 0.390 e. The maximum absolute atomic E-state index is 13.8. The van der Waals surface area contributed by atoms with Gasteiger partial charge in [0.1, 0.15) is 11.6 Å². The standard InChI is InChI=1S/C28H33F2N3O4S/c1-2-18-5-6-21-16-38(36,37)17-26(24(21)10-18)32-15-27(34)25(11-20-8-22(29)13-23(30)9-20)33-28(35)12-19-4-3-7-31-14-19/h3-10,13-14,25-27,32,34,36-37H,2,11-12,15-17H2,1H3,(H,33,35)/t25-,26-,27-/m0/s1. The molecule has 38 heavy (non-hydrogen) atoms. The Bertz CT molecular complexity index is 1240. The zero-order chi connectivity index (χ0) is 27.3. The quantitative estimate of drug-likeness (QED) is 0.262. The molecule has 0 saturated carbocycles. The van der Waals surface area contributed by atoms with Crippen LogP contribution in [0.5, 0.6) is 0 Å². The lowest BCUT2D eigenvalue weighted by Crippen LogP contribution is -2.50. The molecule has 1 aliphatic rings. The third-order valence-electron chi connectivity index (χ3n) is 6.66. The number of halogens is 2. The number of aryl methyl sites for hydroxylation is 1. The topological polar surface area (TPSA) is 115 Å². The van der Waals surface area contributed by atoms with E-state index in [2.05, 4.69) is 15.6 Å². The lowest BCUT2D eigenvalue weighted by Gasteiger charge is -2.42. The summed E-state index contributed by atoms with van der Waals surface area (Å²) in [6.45, 7) is 2.05. The molecule has 10 heteroatoms. The fourth-order valence-electron chi connectivity index (χ4n) is 4.77. The van der Waals surface area contributed by atoms with Gasteiger partial charge in [-0.2, -0.15) is 10.6 Å². The van der Waals surface area contributed by atoms with Crippen LogP contribution in [0.25, 0.3) is 0 Å². The molecule has 0 unspecified atom stereocenters. The lowest BCUT2D eigenvalue weighted by molar-refractivity contribution is -0.122. The van der Waals surface area contributed by atoms with Crippen molar-refractivity contribution in [2.45, 2.75) is 50.1 Å². The summed E-state index contributed by atoms with van der Waals surface area (Å²) in [5.74, 6) is -1.57. The Hall–Kier alpha value is -2.89. The molecular formula is C28H33F2N3O4S. The number of carbonyl (C=O) groups excluding carboxylic acids is 1. The maximum atomic E-state index is 13.8. The van der Waals surface area contributed by atoms with Gasteiger partial charge >= 0.3 is 0 Å². The Balaban J connectivity index is 1.51. The van der Waals surface area contributed by atoms with Crippen molar-refractivity contribution < 1.29 is 27.8 Å². The van der Waals surface area contributed by atoms with Gasteiger partial charge in [0.05, 0.1) is 36.1 Å². The second-order valence-electron chi connectivity index (χ2n) is 9.72. The van der Waals surface area contributed by atoms with Crippen molar-refractivity contribution in [1.29, 1.82) is 0 Å². The predicted molar refractivity (Wildman–Crippen MR) is 144 cm³/mol. The molecule has 0 aliphatic carbocycles. The highest BCUT2D eigenvalue weighted by Crippen LogP contribution is 2.50. The molecule has 1 amide bonds. The van der Waals surface area contributed by atoms with Crippen LogP contribution in [0.3, 0.4) is 0 Å². The van der Waals surface area contributed by atoms with E-state index in [1.54, 1.807) is 24.5 Å². The van der Waals surface area contributed by atoms with Crippen LogP contribution >= 0.6 is 10.6 Å². The van der Waals surface area contributed by atoms with E-state index in [0.29, 0.717) is 5.56 Å². The Kier molecular flexibility index (Phi) is 9.11. The number of aliphatic hydroxyl groups excluding tert-OH is 1. The van der Waals surface area contributed by atoms with E-state index in [1.165, 1.54) is 12.1 Å². The van der Waals surface area contributed by atoms with Crippen LogP contribution in [0.1, 0.15) is 40.8 Å². The molecule has 2 heterocycles. The van der Waals surface area contributed by atoms with Crippen LogP contribution in [0.4, 0.5) is 8.78 Å². The predicted octanol–water partition coefficient (Wildman–Crippen LogP) is 4.15. The lowest BCUT2D eigenvalue weighted by atomic mass is 9.97. The molecule has 0 fully saturated rings. The van der Waals surface area contributed by atoms with Gasteiger partial charge in [0.25, 0.3) is 0 Å². The van der Waals surface area contributed by atoms with Crippen molar-refractivity contribution in [3.05, 3.63) is 100 Å². The first-order valence-electron chi connectivity index (χ1n) is 12.5. The summed E-state index contributed by atoms with van der Waals surface area (Å²) in [6.07, 6.45) is 2.87. The van der Waals surface area contributed by atoms with Gasteiger partial charge in [0.15, 0.2) is 0 Å². The molecule has 4 rings (SSSR count). The van der Waals surface area contributed by atoms with Gasteiger partial charge in [-0.05, 0) is 58.9 Å². The van der Waals surface area contributed by atoms with Crippen LogP contribution in [0.15, 0.2) is 60.9 Å². The molecule has 1 aliphatic heterocycles. The molecular weight excluding hydrogens is 512 g/mol. The number of fused-ring (bicyclic) bond motifs is 1. The number of rotatable bonds is 10. The van der Waals surface area contributed by atoms with E-state index in [1.807, 2.05) is 25.1 Å². The van der Waals surface area contributed by atoms with Gasteiger partial charge in [-0.1, -0.05) is 31.2 Å². The van der Waals surface area contributed by atoms with E-state index in [0.717, 1.165) is 29.2 Å². The van der Waals surface area contributed by atoms with E-state index < -0.39 is 40.4 Å². The fourth-order valence-corrected chi connectivity index (χ4v) is 6.48. The molecule has 0 bridgehead atoms. The van der Waals surface area contributed by atoms with Gasteiger partial charge in [-0.3, -0.25) is 18.9 Å². The van der Waals surface area contributed by atoms with Crippen molar-refractivity contribution >= 4 is 16.5 Å². The molecule has 2 aromatic carbocycles. The molecule has 3 atom stereocenters. The maximum Gasteiger partial charge on any atom is 0.224 e. The number of hydrogen-bond donors (Lipinski definition) is 5. The Morgan fingerprint density at radius 1 is 1.11 bits per heavy atom. The molecule has 0 saturated heterocycles. The summed E-state index contributed by atoms with van der Waals surface area (Å²) < 4.78 is 48.7. The number of aliphatic hydroxyl groups is 1. The number of aromatic nitrogens is 1. The Morgan fingerprint density at radius 2 is 1.87 bits per heavy atom. The molecule has 0 radical (unpaired) electrons. The SMILES string of the molecule is CCc1ccc2c(c1)[C@@H](NC[C@H](O)[C@H](Cc1cc(F)cc(F)c1)NC(=O)Cc1cccnc1)CS(O)(O)C2. The van der Waals surface area contributed by atoms with Gasteiger partial charge in [0, 0.05) is 25.0 Å². The first-order chi connectivity index (χ1) is 18.1. The third-order valence-corrected chi connectivity index (χ3v) is 8.30. The number of pyridine rings is 1. The average Bonchev–Trinajstić information content (AvgIpc) is 2.86. The van der Waals surface area contributed by atoms with Gasteiger partial charge in [0.2, 0.25) is 5.91 Å². The average molecular weight is 546 g/mol. The summed E-state index contributed by atoms with van der Waals surface area (Å²) in [7, 11) is -2.85. The van der Waals surface area contributed by atoms with Crippen LogP contribution in [0.2, 0.25) is 0 Å². The van der Waals surface area contributed by atoms with Gasteiger partial charge in [-0.25, -0.2) is 8.78 Å². The van der Waals surface area contributed by atoms with E-state index in [-0.39, 0.29) is 42.4 Å². The summed E-state index contributed by atoms with van der Waals surface area (Å²) in [5.41, 5.74) is 3.88. The number of hydrogen-bond acceptors (Lipinski definition) is 6. The van der Waals surface area contributed by atoms with Crippen LogP contribution < -0.4 is 10.6 Å². The first kappa shape index (κ1) is 28.1.